The van der Waals surface area contributed by atoms with Crippen LogP contribution in [-0.2, 0) is 4.79 Å². The zero-order chi connectivity index (χ0) is 27.1. The molecule has 0 unspecified atom stereocenters. The topological polar surface area (TPSA) is 44.7 Å². The lowest BCUT2D eigenvalue weighted by atomic mass is 9.84. The van der Waals surface area contributed by atoms with Gasteiger partial charge < -0.3 is 5.32 Å². The number of aliphatic imine (C=N–C) groups is 1. The highest BCUT2D eigenvalue weighted by molar-refractivity contribution is 8.14. The number of rotatable bonds is 6. The predicted octanol–water partition coefficient (Wildman–Crippen LogP) is 8.31. The molecule has 1 amide bonds. The van der Waals surface area contributed by atoms with Gasteiger partial charge in [-0.2, -0.15) is 0 Å². The van der Waals surface area contributed by atoms with E-state index in [-0.39, 0.29) is 17.7 Å². The number of nitrogens with one attached hydrogen (secondary N) is 1. The van der Waals surface area contributed by atoms with Gasteiger partial charge in [0, 0.05) is 17.1 Å². The number of thioether (sulfide) groups is 1. The van der Waals surface area contributed by atoms with Crippen molar-refractivity contribution >= 4 is 40.3 Å². The Kier molecular flexibility index (Phi) is 7.92. The molecular weight excluding hydrogens is 510 g/mol. The third-order valence-corrected chi connectivity index (χ3v) is 8.08. The summed E-state index contributed by atoms with van der Waals surface area (Å²) in [4.78, 5) is 20.7. The number of amidine groups is 1. The summed E-state index contributed by atoms with van der Waals surface area (Å²) in [5, 5.41) is 4.43. The molecule has 0 saturated carbocycles. The van der Waals surface area contributed by atoms with E-state index in [2.05, 4.69) is 59.9 Å². The minimum absolute atomic E-state index is 0.00614. The van der Waals surface area contributed by atoms with Crippen LogP contribution in [0.4, 0.5) is 11.4 Å². The lowest BCUT2D eigenvalue weighted by Gasteiger charge is -2.33. The number of nitrogens with zero attached hydrogens (tertiary/aromatic N) is 2. The molecule has 4 aromatic carbocycles. The van der Waals surface area contributed by atoms with Crippen LogP contribution in [0.25, 0.3) is 6.08 Å². The SMILES string of the molecule is O=C(CSC1=N[C@@H](c2ccccc2)C2=C(N1)/C(=C/c1ccccc1)CCC2)N(c1ccccc1)c1ccccc1. The van der Waals surface area contributed by atoms with Gasteiger partial charge in [0.1, 0.15) is 6.04 Å². The molecule has 0 aromatic heterocycles. The van der Waals surface area contributed by atoms with Gasteiger partial charge in [-0.15, -0.1) is 0 Å². The van der Waals surface area contributed by atoms with Crippen molar-refractivity contribution in [3.05, 3.63) is 149 Å². The van der Waals surface area contributed by atoms with Crippen molar-refractivity contribution in [2.24, 2.45) is 4.99 Å². The second-order valence-corrected chi connectivity index (χ2v) is 10.9. The standard InChI is InChI=1S/C35H31N3OS/c39-32(38(29-19-9-3-10-20-29)30-21-11-4-12-22-30)25-40-35-36-33(27-16-7-2-8-17-27)31-23-13-18-28(34(31)37-35)24-26-14-5-1-6-15-26/h1-12,14-17,19-22,24,33H,13,18,23,25H2,(H,36,37)/b28-24+/t33-/m0/s1. The van der Waals surface area contributed by atoms with Crippen molar-refractivity contribution in [1.29, 1.82) is 0 Å². The van der Waals surface area contributed by atoms with Gasteiger partial charge in [0.15, 0.2) is 5.17 Å². The number of carbonyl (C=O) groups is 1. The minimum atomic E-state index is -0.0612. The Bertz CT molecular complexity index is 1510. The second kappa shape index (κ2) is 12.2. The molecule has 2 aliphatic rings. The van der Waals surface area contributed by atoms with Gasteiger partial charge in [0.25, 0.3) is 0 Å². The first kappa shape index (κ1) is 25.9. The van der Waals surface area contributed by atoms with Crippen molar-refractivity contribution in [3.63, 3.8) is 0 Å². The average Bonchev–Trinajstić information content (AvgIpc) is 3.02. The maximum absolute atomic E-state index is 13.7. The maximum Gasteiger partial charge on any atom is 0.242 e. The van der Waals surface area contributed by atoms with E-state index in [4.69, 9.17) is 4.99 Å². The zero-order valence-corrected chi connectivity index (χ0v) is 23.1. The van der Waals surface area contributed by atoms with E-state index < -0.39 is 0 Å². The molecule has 1 aliphatic heterocycles. The molecule has 1 atom stereocenters. The molecule has 0 radical (unpaired) electrons. The highest BCUT2D eigenvalue weighted by Crippen LogP contribution is 2.41. The summed E-state index contributed by atoms with van der Waals surface area (Å²) < 4.78 is 0. The monoisotopic (exact) mass is 541 g/mol. The van der Waals surface area contributed by atoms with E-state index >= 15 is 0 Å². The summed E-state index contributed by atoms with van der Waals surface area (Å²) in [6.45, 7) is 0. The fraction of sp³-hybridized carbons (Fsp3) is 0.143. The maximum atomic E-state index is 13.7. The van der Waals surface area contributed by atoms with Crippen LogP contribution >= 0.6 is 11.8 Å². The molecule has 1 N–H and O–H groups in total. The number of anilines is 2. The van der Waals surface area contributed by atoms with Crippen LogP contribution in [0.2, 0.25) is 0 Å². The number of para-hydroxylation sites is 2. The first-order valence-corrected chi connectivity index (χ1v) is 14.7. The average molecular weight is 542 g/mol. The Balaban J connectivity index is 1.30. The summed E-state index contributed by atoms with van der Waals surface area (Å²) in [5.74, 6) is 0.268. The lowest BCUT2D eigenvalue weighted by Crippen LogP contribution is -2.33. The van der Waals surface area contributed by atoms with Crippen LogP contribution < -0.4 is 10.2 Å². The van der Waals surface area contributed by atoms with E-state index in [0.29, 0.717) is 0 Å². The molecule has 40 heavy (non-hydrogen) atoms. The number of carbonyl (C=O) groups excluding carboxylic acids is 1. The van der Waals surface area contributed by atoms with E-state index in [1.165, 1.54) is 34.0 Å². The highest BCUT2D eigenvalue weighted by Gasteiger charge is 2.30. The van der Waals surface area contributed by atoms with Crippen LogP contribution in [-0.4, -0.2) is 16.8 Å². The summed E-state index contributed by atoms with van der Waals surface area (Å²) in [6.07, 6.45) is 5.40. The third kappa shape index (κ3) is 5.80. The lowest BCUT2D eigenvalue weighted by molar-refractivity contribution is -0.115. The van der Waals surface area contributed by atoms with Crippen molar-refractivity contribution in [2.45, 2.75) is 25.3 Å². The number of amides is 1. The molecule has 5 heteroatoms. The Morgan fingerprint density at radius 1 is 0.800 bits per heavy atom. The molecule has 6 rings (SSSR count). The normalized spacial score (nSPS) is 17.6. The summed E-state index contributed by atoms with van der Waals surface area (Å²) in [6, 6.07) is 40.6. The summed E-state index contributed by atoms with van der Waals surface area (Å²) in [5.41, 5.74) is 7.86. The van der Waals surface area contributed by atoms with E-state index in [0.717, 1.165) is 41.5 Å². The van der Waals surface area contributed by atoms with Crippen molar-refractivity contribution in [2.75, 3.05) is 10.7 Å². The van der Waals surface area contributed by atoms with Gasteiger partial charge in [-0.25, -0.2) is 4.99 Å². The van der Waals surface area contributed by atoms with Gasteiger partial charge in [-0.05, 0) is 71.9 Å². The molecule has 4 nitrogen and oxygen atoms in total. The fourth-order valence-corrected chi connectivity index (χ4v) is 6.10. The van der Waals surface area contributed by atoms with Crippen molar-refractivity contribution in [3.8, 4) is 0 Å². The molecule has 4 aromatic rings. The predicted molar refractivity (Wildman–Crippen MR) is 168 cm³/mol. The zero-order valence-electron chi connectivity index (χ0n) is 22.2. The molecule has 0 fully saturated rings. The van der Waals surface area contributed by atoms with Crippen LogP contribution in [0.3, 0.4) is 0 Å². The number of allylic oxidation sites excluding steroid dienone is 1. The first-order valence-electron chi connectivity index (χ1n) is 13.7. The summed E-state index contributed by atoms with van der Waals surface area (Å²) in [7, 11) is 0. The number of hydrogen-bond acceptors (Lipinski definition) is 4. The van der Waals surface area contributed by atoms with Gasteiger partial charge in [0.05, 0.1) is 5.75 Å². The van der Waals surface area contributed by atoms with Gasteiger partial charge in [-0.3, -0.25) is 9.69 Å². The van der Waals surface area contributed by atoms with Gasteiger partial charge in [0.2, 0.25) is 5.91 Å². The number of benzene rings is 4. The molecule has 0 saturated heterocycles. The quantitative estimate of drug-likeness (QED) is 0.267. The smallest absolute Gasteiger partial charge is 0.242 e. The van der Waals surface area contributed by atoms with Gasteiger partial charge in [-0.1, -0.05) is 109 Å². The summed E-state index contributed by atoms with van der Waals surface area (Å²) >= 11 is 1.47. The Hall–Kier alpha value is -4.35. The Labute approximate surface area is 240 Å². The molecule has 198 valence electrons. The Morgan fingerprint density at radius 3 is 2.00 bits per heavy atom. The van der Waals surface area contributed by atoms with E-state index in [1.807, 2.05) is 72.8 Å². The molecule has 0 bridgehead atoms. The fourth-order valence-electron chi connectivity index (χ4n) is 5.36. The highest BCUT2D eigenvalue weighted by atomic mass is 32.2. The van der Waals surface area contributed by atoms with Crippen LogP contribution in [0.15, 0.2) is 143 Å². The van der Waals surface area contributed by atoms with Crippen LogP contribution in [0, 0.1) is 0 Å². The number of hydrogen-bond donors (Lipinski definition) is 1. The molecular formula is C35H31N3OS. The third-order valence-electron chi connectivity index (χ3n) is 7.21. The van der Waals surface area contributed by atoms with Crippen molar-refractivity contribution in [1.82, 2.24) is 5.32 Å². The second-order valence-electron chi connectivity index (χ2n) is 9.90. The molecule has 1 heterocycles. The van der Waals surface area contributed by atoms with E-state index in [9.17, 15) is 4.79 Å². The van der Waals surface area contributed by atoms with Gasteiger partial charge >= 0.3 is 0 Å². The van der Waals surface area contributed by atoms with Crippen LogP contribution in [0.1, 0.15) is 36.4 Å². The first-order chi connectivity index (χ1) is 19.8. The Morgan fingerprint density at radius 2 is 1.38 bits per heavy atom. The van der Waals surface area contributed by atoms with E-state index in [1.54, 1.807) is 4.90 Å². The molecule has 1 aliphatic carbocycles. The van der Waals surface area contributed by atoms with Crippen LogP contribution in [0.5, 0.6) is 0 Å². The largest absolute Gasteiger partial charge is 0.335 e. The molecule has 0 spiro atoms. The van der Waals surface area contributed by atoms with Crippen molar-refractivity contribution < 1.29 is 4.79 Å². The minimum Gasteiger partial charge on any atom is -0.335 e.